The van der Waals surface area contributed by atoms with Crippen LogP contribution >= 0.6 is 15.9 Å². The second-order valence-electron chi connectivity index (χ2n) is 6.00. The molecule has 1 aliphatic carbocycles. The average Bonchev–Trinajstić information content (AvgIpc) is 2.68. The van der Waals surface area contributed by atoms with Crippen LogP contribution in [0.5, 0.6) is 0 Å². The number of nitrogens with zero attached hydrogens (tertiary/aromatic N) is 1. The van der Waals surface area contributed by atoms with Gasteiger partial charge in [0.1, 0.15) is 0 Å². The minimum Gasteiger partial charge on any atom is -0.349 e. The maximum absolute atomic E-state index is 12.1. The van der Waals surface area contributed by atoms with Gasteiger partial charge in [-0.2, -0.15) is 0 Å². The summed E-state index contributed by atoms with van der Waals surface area (Å²) in [5, 5.41) is 13.8. The molecule has 20 heavy (non-hydrogen) atoms. The lowest BCUT2D eigenvalue weighted by molar-refractivity contribution is -0.385. The molecule has 0 heterocycles. The molecule has 0 radical (unpaired) electrons. The second kappa shape index (κ2) is 5.52. The molecule has 1 amide bonds. The molecule has 1 aromatic carbocycles. The number of halogens is 1. The Morgan fingerprint density at radius 3 is 2.75 bits per heavy atom. The summed E-state index contributed by atoms with van der Waals surface area (Å²) in [5.74, 6) is -0.247. The molecule has 108 valence electrons. The Morgan fingerprint density at radius 1 is 1.50 bits per heavy atom. The predicted molar refractivity (Wildman–Crippen MR) is 79.7 cm³/mol. The number of nitro groups is 1. The normalized spacial score (nSPS) is 20.6. The van der Waals surface area contributed by atoms with Crippen LogP contribution in [0.1, 0.15) is 43.5 Å². The van der Waals surface area contributed by atoms with Crippen LogP contribution in [0.3, 0.4) is 0 Å². The van der Waals surface area contributed by atoms with Crippen molar-refractivity contribution in [1.82, 2.24) is 5.32 Å². The zero-order valence-corrected chi connectivity index (χ0v) is 13.1. The molecule has 1 N–H and O–H groups in total. The van der Waals surface area contributed by atoms with Crippen molar-refractivity contribution in [2.45, 2.75) is 39.2 Å². The highest BCUT2D eigenvalue weighted by atomic mass is 79.9. The van der Waals surface area contributed by atoms with Gasteiger partial charge in [-0.3, -0.25) is 14.9 Å². The molecular weight excluding hydrogens is 324 g/mol. The summed E-state index contributed by atoms with van der Waals surface area (Å²) in [7, 11) is 0. The number of nitro benzene ring substituents is 1. The molecule has 1 unspecified atom stereocenters. The van der Waals surface area contributed by atoms with Crippen LogP contribution < -0.4 is 5.32 Å². The lowest BCUT2D eigenvalue weighted by Crippen LogP contribution is -2.33. The molecule has 1 fully saturated rings. The van der Waals surface area contributed by atoms with Gasteiger partial charge in [-0.1, -0.05) is 13.8 Å². The third-order valence-corrected chi connectivity index (χ3v) is 4.38. The molecule has 6 heteroatoms. The van der Waals surface area contributed by atoms with Gasteiger partial charge < -0.3 is 5.32 Å². The minimum absolute atomic E-state index is 0.0931. The van der Waals surface area contributed by atoms with Crippen molar-refractivity contribution in [2.75, 3.05) is 0 Å². The molecule has 1 atom stereocenters. The fourth-order valence-electron chi connectivity index (χ4n) is 2.62. The molecule has 0 saturated heterocycles. The summed E-state index contributed by atoms with van der Waals surface area (Å²) in [6.45, 7) is 4.37. The fourth-order valence-corrected chi connectivity index (χ4v) is 3.01. The molecule has 5 nitrogen and oxygen atoms in total. The van der Waals surface area contributed by atoms with E-state index in [-0.39, 0.29) is 23.1 Å². The van der Waals surface area contributed by atoms with Crippen LogP contribution in [0.4, 0.5) is 5.69 Å². The smallest absolute Gasteiger partial charge is 0.284 e. The van der Waals surface area contributed by atoms with Crippen molar-refractivity contribution in [3.05, 3.63) is 38.3 Å². The maximum Gasteiger partial charge on any atom is 0.284 e. The summed E-state index contributed by atoms with van der Waals surface area (Å²) < 4.78 is 0.376. The first-order valence-electron chi connectivity index (χ1n) is 6.53. The molecule has 2 rings (SSSR count). The number of hydrogen-bond donors (Lipinski definition) is 1. The van der Waals surface area contributed by atoms with Crippen molar-refractivity contribution >= 4 is 27.5 Å². The van der Waals surface area contributed by atoms with Crippen molar-refractivity contribution in [3.63, 3.8) is 0 Å². The monoisotopic (exact) mass is 340 g/mol. The molecule has 1 aliphatic rings. The first-order valence-corrected chi connectivity index (χ1v) is 7.33. The van der Waals surface area contributed by atoms with Gasteiger partial charge in [-0.15, -0.1) is 0 Å². The Bertz CT molecular complexity index is 557. The summed E-state index contributed by atoms with van der Waals surface area (Å²) in [6, 6.07) is 4.58. The highest BCUT2D eigenvalue weighted by Crippen LogP contribution is 2.37. The molecular formula is C14H17BrN2O3. The molecule has 0 bridgehead atoms. The van der Waals surface area contributed by atoms with Gasteiger partial charge in [0.2, 0.25) is 0 Å². The minimum atomic E-state index is -0.500. The Kier molecular flexibility index (Phi) is 4.13. The van der Waals surface area contributed by atoms with E-state index in [1.165, 1.54) is 12.1 Å². The highest BCUT2D eigenvalue weighted by Gasteiger charge is 2.32. The Labute approximate surface area is 126 Å². The number of amides is 1. The van der Waals surface area contributed by atoms with E-state index in [0.717, 1.165) is 19.3 Å². The van der Waals surface area contributed by atoms with Gasteiger partial charge in [-0.05, 0) is 52.7 Å². The SMILES string of the molecule is CC1(C)CCC(NC(=O)c2ccc(Br)c([N+](=O)[O-])c2)C1. The van der Waals surface area contributed by atoms with Crippen LogP contribution in [-0.2, 0) is 0 Å². The van der Waals surface area contributed by atoms with Crippen LogP contribution in [0, 0.1) is 15.5 Å². The fraction of sp³-hybridized carbons (Fsp3) is 0.500. The second-order valence-corrected chi connectivity index (χ2v) is 6.86. The van der Waals surface area contributed by atoms with Crippen molar-refractivity contribution < 1.29 is 9.72 Å². The third kappa shape index (κ3) is 3.36. The number of carbonyl (C=O) groups excluding carboxylic acids is 1. The topological polar surface area (TPSA) is 72.2 Å². The zero-order chi connectivity index (χ0) is 14.9. The van der Waals surface area contributed by atoms with Crippen molar-refractivity contribution in [3.8, 4) is 0 Å². The first-order chi connectivity index (χ1) is 9.28. The Balaban J connectivity index is 2.10. The number of benzene rings is 1. The molecule has 1 saturated carbocycles. The van der Waals surface area contributed by atoms with Crippen molar-refractivity contribution in [2.24, 2.45) is 5.41 Å². The largest absolute Gasteiger partial charge is 0.349 e. The van der Waals surface area contributed by atoms with Gasteiger partial charge in [0, 0.05) is 17.7 Å². The predicted octanol–water partition coefficient (Wildman–Crippen LogP) is 3.67. The van der Waals surface area contributed by atoms with Gasteiger partial charge in [0.05, 0.1) is 9.40 Å². The third-order valence-electron chi connectivity index (χ3n) is 3.71. The number of carbonyl (C=O) groups is 1. The highest BCUT2D eigenvalue weighted by molar-refractivity contribution is 9.10. The van der Waals surface area contributed by atoms with Crippen LogP contribution in [-0.4, -0.2) is 16.9 Å². The average molecular weight is 341 g/mol. The number of nitrogens with one attached hydrogen (secondary N) is 1. The van der Waals surface area contributed by atoms with Crippen LogP contribution in [0.15, 0.2) is 22.7 Å². The standard InChI is InChI=1S/C14H17BrN2O3/c1-14(2)6-5-10(8-14)16-13(18)9-3-4-11(15)12(7-9)17(19)20/h3-4,7,10H,5-6,8H2,1-2H3,(H,16,18). The molecule has 0 aliphatic heterocycles. The zero-order valence-electron chi connectivity index (χ0n) is 11.5. The van der Waals surface area contributed by atoms with Gasteiger partial charge in [0.25, 0.3) is 11.6 Å². The summed E-state index contributed by atoms with van der Waals surface area (Å²) in [5.41, 5.74) is 0.484. The van der Waals surface area contributed by atoms with E-state index in [4.69, 9.17) is 0 Å². The summed E-state index contributed by atoms with van der Waals surface area (Å²) >= 11 is 3.11. The van der Waals surface area contributed by atoms with Gasteiger partial charge >= 0.3 is 0 Å². The van der Waals surface area contributed by atoms with E-state index in [0.29, 0.717) is 10.0 Å². The van der Waals surface area contributed by atoms with Gasteiger partial charge in [-0.25, -0.2) is 0 Å². The molecule has 0 spiro atoms. The van der Waals surface area contributed by atoms with Gasteiger partial charge in [0.15, 0.2) is 0 Å². The summed E-state index contributed by atoms with van der Waals surface area (Å²) in [4.78, 5) is 22.5. The van der Waals surface area contributed by atoms with E-state index < -0.39 is 4.92 Å². The van der Waals surface area contributed by atoms with E-state index in [2.05, 4.69) is 35.1 Å². The first kappa shape index (κ1) is 15.0. The quantitative estimate of drug-likeness (QED) is 0.673. The number of hydrogen-bond acceptors (Lipinski definition) is 3. The maximum atomic E-state index is 12.1. The number of rotatable bonds is 3. The molecule has 1 aromatic rings. The summed E-state index contributed by atoms with van der Waals surface area (Å²) in [6.07, 6.45) is 2.98. The lowest BCUT2D eigenvalue weighted by Gasteiger charge is -2.17. The van der Waals surface area contributed by atoms with E-state index in [1.807, 2.05) is 0 Å². The lowest BCUT2D eigenvalue weighted by atomic mass is 9.92. The van der Waals surface area contributed by atoms with E-state index in [9.17, 15) is 14.9 Å². The Morgan fingerprint density at radius 2 is 2.20 bits per heavy atom. The van der Waals surface area contributed by atoms with Crippen molar-refractivity contribution in [1.29, 1.82) is 0 Å². The van der Waals surface area contributed by atoms with E-state index >= 15 is 0 Å². The molecule has 0 aromatic heterocycles. The Hall–Kier alpha value is -1.43. The van der Waals surface area contributed by atoms with Crippen LogP contribution in [0.25, 0.3) is 0 Å². The van der Waals surface area contributed by atoms with Crippen LogP contribution in [0.2, 0.25) is 0 Å². The van der Waals surface area contributed by atoms with E-state index in [1.54, 1.807) is 6.07 Å².